The number of nitrogens with one attached hydrogen (secondary N) is 1. The van der Waals surface area contributed by atoms with Crippen LogP contribution in [0.2, 0.25) is 0 Å². The van der Waals surface area contributed by atoms with Gasteiger partial charge in [0.2, 0.25) is 16.9 Å². The van der Waals surface area contributed by atoms with E-state index in [1.54, 1.807) is 12.1 Å². The zero-order valence-corrected chi connectivity index (χ0v) is 12.3. The first-order chi connectivity index (χ1) is 10.8. The average molecular weight is 317 g/mol. The standard InChI is InChI=1S/C14H12FN5OS/c15-10-5-3-9(4-6-10)13-16-11(21-20-13)7-22-14-17-12(18-19-14)8-1-2-8/h3-6,8H,1-2,7H2,(H,17,18,19). The summed E-state index contributed by atoms with van der Waals surface area (Å²) < 4.78 is 18.1. The fraction of sp³-hybridized carbons (Fsp3) is 0.286. The van der Waals surface area contributed by atoms with Gasteiger partial charge in [0, 0.05) is 11.5 Å². The minimum atomic E-state index is -0.293. The van der Waals surface area contributed by atoms with E-state index < -0.39 is 0 Å². The predicted octanol–water partition coefficient (Wildman–Crippen LogP) is 3.16. The van der Waals surface area contributed by atoms with Crippen LogP contribution < -0.4 is 0 Å². The van der Waals surface area contributed by atoms with Gasteiger partial charge < -0.3 is 4.52 Å². The van der Waals surface area contributed by atoms with Crippen LogP contribution in [-0.2, 0) is 5.75 Å². The van der Waals surface area contributed by atoms with Gasteiger partial charge in [-0.3, -0.25) is 5.10 Å². The van der Waals surface area contributed by atoms with Crippen LogP contribution in [0.1, 0.15) is 30.5 Å². The lowest BCUT2D eigenvalue weighted by molar-refractivity contribution is 0.391. The number of rotatable bonds is 5. The molecule has 0 saturated heterocycles. The molecule has 0 aliphatic heterocycles. The molecule has 2 aromatic heterocycles. The molecule has 4 rings (SSSR count). The van der Waals surface area contributed by atoms with Crippen LogP contribution in [-0.4, -0.2) is 25.3 Å². The van der Waals surface area contributed by atoms with E-state index in [9.17, 15) is 4.39 Å². The smallest absolute Gasteiger partial charge is 0.237 e. The maximum atomic E-state index is 12.9. The Kier molecular flexibility index (Phi) is 3.38. The molecule has 6 nitrogen and oxygen atoms in total. The lowest BCUT2D eigenvalue weighted by atomic mass is 10.2. The molecule has 0 amide bonds. The van der Waals surface area contributed by atoms with Crippen molar-refractivity contribution in [1.29, 1.82) is 0 Å². The molecule has 0 unspecified atom stereocenters. The molecule has 8 heteroatoms. The van der Waals surface area contributed by atoms with Crippen molar-refractivity contribution in [1.82, 2.24) is 25.3 Å². The van der Waals surface area contributed by atoms with E-state index in [2.05, 4.69) is 25.3 Å². The van der Waals surface area contributed by atoms with Crippen molar-refractivity contribution in [3.63, 3.8) is 0 Å². The van der Waals surface area contributed by atoms with Gasteiger partial charge in [-0.15, -0.1) is 5.10 Å². The second kappa shape index (κ2) is 5.53. The van der Waals surface area contributed by atoms with E-state index in [-0.39, 0.29) is 5.82 Å². The van der Waals surface area contributed by atoms with Gasteiger partial charge in [-0.05, 0) is 37.1 Å². The molecule has 2 heterocycles. The molecular weight excluding hydrogens is 305 g/mol. The molecule has 0 atom stereocenters. The first kappa shape index (κ1) is 13.4. The third kappa shape index (κ3) is 2.87. The highest BCUT2D eigenvalue weighted by atomic mass is 32.2. The van der Waals surface area contributed by atoms with Gasteiger partial charge in [-0.2, -0.15) is 4.98 Å². The fourth-order valence-electron chi connectivity index (χ4n) is 2.02. The topological polar surface area (TPSA) is 80.5 Å². The van der Waals surface area contributed by atoms with Gasteiger partial charge >= 0.3 is 0 Å². The van der Waals surface area contributed by atoms with Crippen molar-refractivity contribution in [2.75, 3.05) is 0 Å². The third-order valence-corrected chi connectivity index (χ3v) is 4.17. The third-order valence-electron chi connectivity index (χ3n) is 3.34. The van der Waals surface area contributed by atoms with Gasteiger partial charge in [0.25, 0.3) is 0 Å². The van der Waals surface area contributed by atoms with E-state index in [1.807, 2.05) is 0 Å². The molecule has 1 saturated carbocycles. The molecule has 1 aliphatic carbocycles. The maximum absolute atomic E-state index is 12.9. The van der Waals surface area contributed by atoms with Crippen LogP contribution in [0.4, 0.5) is 4.39 Å². The Morgan fingerprint density at radius 1 is 1.23 bits per heavy atom. The van der Waals surface area contributed by atoms with Crippen LogP contribution in [0.3, 0.4) is 0 Å². The van der Waals surface area contributed by atoms with E-state index >= 15 is 0 Å². The largest absolute Gasteiger partial charge is 0.338 e. The van der Waals surface area contributed by atoms with Crippen molar-refractivity contribution >= 4 is 11.8 Å². The van der Waals surface area contributed by atoms with Crippen LogP contribution >= 0.6 is 11.8 Å². The Bertz CT molecular complexity index is 781. The summed E-state index contributed by atoms with van der Waals surface area (Å²) in [6, 6.07) is 5.98. The van der Waals surface area contributed by atoms with Crippen molar-refractivity contribution in [3.8, 4) is 11.4 Å². The number of halogens is 1. The highest BCUT2D eigenvalue weighted by Gasteiger charge is 2.27. The number of nitrogens with zero attached hydrogens (tertiary/aromatic N) is 4. The van der Waals surface area contributed by atoms with Crippen molar-refractivity contribution in [3.05, 3.63) is 41.8 Å². The Hall–Kier alpha value is -2.22. The first-order valence-corrected chi connectivity index (χ1v) is 7.90. The van der Waals surface area contributed by atoms with E-state index in [4.69, 9.17) is 4.52 Å². The van der Waals surface area contributed by atoms with Gasteiger partial charge in [0.15, 0.2) is 0 Å². The summed E-state index contributed by atoms with van der Waals surface area (Å²) in [5.41, 5.74) is 0.718. The second-order valence-electron chi connectivity index (χ2n) is 5.08. The fourth-order valence-corrected chi connectivity index (χ4v) is 2.66. The summed E-state index contributed by atoms with van der Waals surface area (Å²) >= 11 is 1.44. The number of H-pyrrole nitrogens is 1. The zero-order valence-electron chi connectivity index (χ0n) is 11.5. The molecule has 0 bridgehead atoms. The van der Waals surface area contributed by atoms with Gasteiger partial charge in [0.1, 0.15) is 11.6 Å². The van der Waals surface area contributed by atoms with Gasteiger partial charge in [-0.25, -0.2) is 9.37 Å². The number of thioether (sulfide) groups is 1. The molecule has 1 N–H and O–H groups in total. The Labute approximate surface area is 129 Å². The Balaban J connectivity index is 1.41. The summed E-state index contributed by atoms with van der Waals surface area (Å²) in [7, 11) is 0. The summed E-state index contributed by atoms with van der Waals surface area (Å²) in [5, 5.41) is 11.7. The molecule has 1 fully saturated rings. The van der Waals surface area contributed by atoms with Crippen LogP contribution in [0.25, 0.3) is 11.4 Å². The summed E-state index contributed by atoms with van der Waals surface area (Å²) in [4.78, 5) is 8.72. The molecule has 1 aliphatic rings. The molecule has 112 valence electrons. The van der Waals surface area contributed by atoms with E-state index in [1.165, 1.54) is 36.7 Å². The number of benzene rings is 1. The van der Waals surface area contributed by atoms with Crippen molar-refractivity contribution < 1.29 is 8.91 Å². The summed E-state index contributed by atoms with van der Waals surface area (Å²) in [6.45, 7) is 0. The number of aromatic amines is 1. The van der Waals surface area contributed by atoms with Crippen LogP contribution in [0.5, 0.6) is 0 Å². The minimum absolute atomic E-state index is 0.293. The lowest BCUT2D eigenvalue weighted by Gasteiger charge is -1.92. The van der Waals surface area contributed by atoms with E-state index in [0.717, 1.165) is 11.4 Å². The van der Waals surface area contributed by atoms with Gasteiger partial charge in [-0.1, -0.05) is 16.9 Å². The molecular formula is C14H12FN5OS. The number of aromatic nitrogens is 5. The predicted molar refractivity (Wildman–Crippen MR) is 77.6 cm³/mol. The molecule has 1 aromatic carbocycles. The SMILES string of the molecule is Fc1ccc(-c2noc(CSc3n[nH]c(C4CC4)n3)n2)cc1. The Morgan fingerprint density at radius 2 is 2.05 bits per heavy atom. The Morgan fingerprint density at radius 3 is 2.82 bits per heavy atom. The monoisotopic (exact) mass is 317 g/mol. The normalized spacial score (nSPS) is 14.4. The highest BCUT2D eigenvalue weighted by Crippen LogP contribution is 2.38. The number of hydrogen-bond acceptors (Lipinski definition) is 6. The summed E-state index contributed by atoms with van der Waals surface area (Å²) in [6.07, 6.45) is 2.37. The quantitative estimate of drug-likeness (QED) is 0.728. The van der Waals surface area contributed by atoms with Crippen molar-refractivity contribution in [2.45, 2.75) is 29.7 Å². The number of hydrogen-bond donors (Lipinski definition) is 1. The zero-order chi connectivity index (χ0) is 14.9. The molecule has 0 spiro atoms. The minimum Gasteiger partial charge on any atom is -0.338 e. The van der Waals surface area contributed by atoms with Gasteiger partial charge in [0.05, 0.1) is 5.75 Å². The highest BCUT2D eigenvalue weighted by molar-refractivity contribution is 7.98. The second-order valence-corrected chi connectivity index (χ2v) is 6.03. The average Bonchev–Trinajstić information content (AvgIpc) is 3.09. The molecule has 22 heavy (non-hydrogen) atoms. The first-order valence-electron chi connectivity index (χ1n) is 6.91. The van der Waals surface area contributed by atoms with Crippen LogP contribution in [0, 0.1) is 5.82 Å². The molecule has 3 aromatic rings. The van der Waals surface area contributed by atoms with Crippen LogP contribution in [0.15, 0.2) is 33.9 Å². The maximum Gasteiger partial charge on any atom is 0.237 e. The molecule has 0 radical (unpaired) electrons. The lowest BCUT2D eigenvalue weighted by Crippen LogP contribution is -1.84. The summed E-state index contributed by atoms with van der Waals surface area (Å²) in [5.74, 6) is 2.65. The van der Waals surface area contributed by atoms with E-state index in [0.29, 0.717) is 28.5 Å². The van der Waals surface area contributed by atoms with Crippen molar-refractivity contribution in [2.24, 2.45) is 0 Å².